The second-order valence-electron chi connectivity index (χ2n) is 9.56. The summed E-state index contributed by atoms with van der Waals surface area (Å²) in [6.45, 7) is 8.08. The second-order valence-corrected chi connectivity index (χ2v) is 9.56. The zero-order valence-electron chi connectivity index (χ0n) is 23.0. The van der Waals surface area contributed by atoms with Crippen LogP contribution in [0.5, 0.6) is 5.75 Å². The minimum absolute atomic E-state index is 0.703. The Morgan fingerprint density at radius 3 is 1.81 bits per heavy atom. The lowest BCUT2D eigenvalue weighted by Gasteiger charge is -2.08. The Hall–Kier alpha value is -1.98. The molecular weight excluding hydrogens is 448 g/mol. The Bertz CT molecular complexity index is 749. The van der Waals surface area contributed by atoms with E-state index in [1.807, 2.05) is 19.3 Å². The van der Waals surface area contributed by atoms with E-state index in [2.05, 4.69) is 41.2 Å². The van der Waals surface area contributed by atoms with Crippen LogP contribution in [0.4, 0.5) is 0 Å². The van der Waals surface area contributed by atoms with Crippen molar-refractivity contribution < 1.29 is 14.2 Å². The number of nitrogens with zero attached hydrogens (tertiary/aromatic N) is 2. The largest absolute Gasteiger partial charge is 0.494 e. The molecule has 0 aliphatic heterocycles. The molecule has 0 saturated carbocycles. The minimum atomic E-state index is 0.703. The molecule has 5 heteroatoms. The first kappa shape index (κ1) is 30.2. The quantitative estimate of drug-likeness (QED) is 0.144. The number of aromatic nitrogens is 2. The van der Waals surface area contributed by atoms with Gasteiger partial charge in [-0.25, -0.2) is 9.97 Å². The highest BCUT2D eigenvalue weighted by atomic mass is 16.5. The highest BCUT2D eigenvalue weighted by Crippen LogP contribution is 2.22. The second kappa shape index (κ2) is 21.1. The molecule has 5 nitrogen and oxygen atoms in total. The maximum atomic E-state index is 5.92. The molecule has 0 atom stereocenters. The number of hydrogen-bond donors (Lipinski definition) is 0. The van der Waals surface area contributed by atoms with Crippen molar-refractivity contribution in [1.82, 2.24) is 9.97 Å². The summed E-state index contributed by atoms with van der Waals surface area (Å²) in [5.41, 5.74) is 2.18. The lowest BCUT2D eigenvalue weighted by Crippen LogP contribution is -2.04. The summed E-state index contributed by atoms with van der Waals surface area (Å²) in [4.78, 5) is 9.18. The third-order valence-corrected chi connectivity index (χ3v) is 6.42. The molecule has 0 unspecified atom stereocenters. The maximum Gasteiger partial charge on any atom is 0.128 e. The molecule has 0 aliphatic rings. The first-order chi connectivity index (χ1) is 17.8. The Balaban J connectivity index is 1.53. The Kier molecular flexibility index (Phi) is 17.8. The predicted octanol–water partition coefficient (Wildman–Crippen LogP) is 8.21. The van der Waals surface area contributed by atoms with Crippen molar-refractivity contribution in [3.05, 3.63) is 42.5 Å². The van der Waals surface area contributed by atoms with Crippen molar-refractivity contribution in [3.63, 3.8) is 0 Å². The molecule has 1 aromatic heterocycles. The first-order valence-corrected chi connectivity index (χ1v) is 14.5. The van der Waals surface area contributed by atoms with Crippen LogP contribution >= 0.6 is 0 Å². The molecule has 0 amide bonds. The lowest BCUT2D eigenvalue weighted by atomic mass is 10.1. The van der Waals surface area contributed by atoms with Crippen molar-refractivity contribution in [2.75, 3.05) is 33.0 Å². The van der Waals surface area contributed by atoms with Gasteiger partial charge in [-0.15, -0.1) is 0 Å². The van der Waals surface area contributed by atoms with Crippen LogP contribution in [0.3, 0.4) is 0 Å². The Morgan fingerprint density at radius 1 is 0.556 bits per heavy atom. The third-order valence-electron chi connectivity index (χ3n) is 6.42. The van der Waals surface area contributed by atoms with Crippen LogP contribution in [0.2, 0.25) is 0 Å². The minimum Gasteiger partial charge on any atom is -0.494 e. The van der Waals surface area contributed by atoms with Gasteiger partial charge in [-0.3, -0.25) is 0 Å². The van der Waals surface area contributed by atoms with Crippen molar-refractivity contribution in [1.29, 1.82) is 0 Å². The summed E-state index contributed by atoms with van der Waals surface area (Å²) in [6.07, 6.45) is 21.3. The molecule has 0 N–H and O–H groups in total. The van der Waals surface area contributed by atoms with Crippen molar-refractivity contribution in [2.45, 2.75) is 104 Å². The van der Waals surface area contributed by atoms with Gasteiger partial charge in [0.25, 0.3) is 0 Å². The van der Waals surface area contributed by atoms with Crippen LogP contribution in [0.1, 0.15) is 103 Å². The van der Waals surface area contributed by atoms with Crippen LogP contribution in [0.15, 0.2) is 36.7 Å². The van der Waals surface area contributed by atoms with Gasteiger partial charge in [-0.1, -0.05) is 83.3 Å². The third kappa shape index (κ3) is 14.5. The van der Waals surface area contributed by atoms with Gasteiger partial charge in [0.1, 0.15) is 11.6 Å². The summed E-state index contributed by atoms with van der Waals surface area (Å²) >= 11 is 0. The number of hydrogen-bond acceptors (Lipinski definition) is 5. The van der Waals surface area contributed by atoms with Gasteiger partial charge in [-0.2, -0.15) is 0 Å². The van der Waals surface area contributed by atoms with Crippen LogP contribution < -0.4 is 4.74 Å². The number of ether oxygens (including phenoxy) is 3. The highest BCUT2D eigenvalue weighted by Gasteiger charge is 2.03. The average molecular weight is 499 g/mol. The van der Waals surface area contributed by atoms with Gasteiger partial charge < -0.3 is 14.2 Å². The SMILES string of the molecule is CCCCCCCCCCOc1ccc(-c2cnc(CCCCCCCOCCOCC)nc2)cc1. The Morgan fingerprint density at radius 2 is 1.14 bits per heavy atom. The predicted molar refractivity (Wildman–Crippen MR) is 150 cm³/mol. The van der Waals surface area contributed by atoms with Crippen LogP contribution in [-0.4, -0.2) is 43.0 Å². The number of aryl methyl sites for hydroxylation is 1. The van der Waals surface area contributed by atoms with E-state index in [0.29, 0.717) is 13.2 Å². The summed E-state index contributed by atoms with van der Waals surface area (Å²) < 4.78 is 16.7. The number of unbranched alkanes of at least 4 members (excludes halogenated alkanes) is 11. The summed E-state index contributed by atoms with van der Waals surface area (Å²) in [7, 11) is 0. The molecule has 0 bridgehead atoms. The Labute approximate surface area is 220 Å². The van der Waals surface area contributed by atoms with E-state index in [9.17, 15) is 0 Å². The molecule has 1 aromatic carbocycles. The van der Waals surface area contributed by atoms with E-state index in [1.54, 1.807) is 0 Å². The fourth-order valence-corrected chi connectivity index (χ4v) is 4.18. The molecule has 36 heavy (non-hydrogen) atoms. The van der Waals surface area contributed by atoms with E-state index < -0.39 is 0 Å². The van der Waals surface area contributed by atoms with E-state index in [1.165, 1.54) is 64.2 Å². The fraction of sp³-hybridized carbons (Fsp3) is 0.677. The van der Waals surface area contributed by atoms with Gasteiger partial charge in [0.15, 0.2) is 0 Å². The summed E-state index contributed by atoms with van der Waals surface area (Å²) in [5, 5.41) is 0. The van der Waals surface area contributed by atoms with E-state index in [0.717, 1.165) is 68.2 Å². The zero-order chi connectivity index (χ0) is 25.5. The first-order valence-electron chi connectivity index (χ1n) is 14.5. The molecule has 2 rings (SSSR count). The lowest BCUT2D eigenvalue weighted by molar-refractivity contribution is 0.0512. The van der Waals surface area contributed by atoms with E-state index in [-0.39, 0.29) is 0 Å². The van der Waals surface area contributed by atoms with Gasteiger partial charge in [0.05, 0.1) is 19.8 Å². The number of benzene rings is 1. The average Bonchev–Trinajstić information content (AvgIpc) is 2.91. The normalized spacial score (nSPS) is 11.2. The van der Waals surface area contributed by atoms with Gasteiger partial charge in [0.2, 0.25) is 0 Å². The van der Waals surface area contributed by atoms with Gasteiger partial charge in [0, 0.05) is 37.6 Å². The van der Waals surface area contributed by atoms with Crippen LogP contribution in [-0.2, 0) is 15.9 Å². The zero-order valence-corrected chi connectivity index (χ0v) is 23.0. The molecule has 1 heterocycles. The summed E-state index contributed by atoms with van der Waals surface area (Å²) in [5.74, 6) is 1.87. The van der Waals surface area contributed by atoms with Crippen LogP contribution in [0, 0.1) is 0 Å². The number of rotatable bonds is 23. The molecule has 202 valence electrons. The molecule has 0 saturated heterocycles. The molecule has 0 radical (unpaired) electrons. The van der Waals surface area contributed by atoms with Gasteiger partial charge >= 0.3 is 0 Å². The topological polar surface area (TPSA) is 53.5 Å². The smallest absolute Gasteiger partial charge is 0.128 e. The van der Waals surface area contributed by atoms with Crippen molar-refractivity contribution in [3.8, 4) is 16.9 Å². The molecular formula is C31H50N2O3. The van der Waals surface area contributed by atoms with Crippen molar-refractivity contribution in [2.24, 2.45) is 0 Å². The molecule has 0 aliphatic carbocycles. The standard InChI is InChI=1S/C31H50N2O3/c1-3-5-6-7-8-9-13-16-23-36-30-20-18-28(19-21-30)29-26-32-31(33-27-29)17-14-11-10-12-15-22-35-25-24-34-4-2/h18-21,26-27H,3-17,22-25H2,1-2H3. The van der Waals surface area contributed by atoms with Crippen LogP contribution in [0.25, 0.3) is 11.1 Å². The fourth-order valence-electron chi connectivity index (χ4n) is 4.18. The van der Waals surface area contributed by atoms with Gasteiger partial charge in [-0.05, 0) is 43.9 Å². The summed E-state index contributed by atoms with van der Waals surface area (Å²) in [6, 6.07) is 8.31. The van der Waals surface area contributed by atoms with E-state index >= 15 is 0 Å². The molecule has 2 aromatic rings. The highest BCUT2D eigenvalue weighted by molar-refractivity contribution is 5.62. The maximum absolute atomic E-state index is 5.92. The van der Waals surface area contributed by atoms with E-state index in [4.69, 9.17) is 14.2 Å². The molecule has 0 fully saturated rings. The monoisotopic (exact) mass is 498 g/mol. The molecule has 0 spiro atoms. The van der Waals surface area contributed by atoms with Crippen molar-refractivity contribution >= 4 is 0 Å².